The van der Waals surface area contributed by atoms with Crippen LogP contribution in [0.5, 0.6) is 0 Å². The standard InChI is InChI=1S/C38H46N4O2/c1-28-39-35-15-8-9-16-36(35)42(28)34-25-32-17-18-33(26-34)40(32)24-10-21-38(30-13-6-3-7-14-30)22-19-31(20-23-38)41(37(43)44)27-29-11-4-2-5-12-29/h2-9,11-16,31-34H,10,17-27H2,1H3,(H,43,44). The van der Waals surface area contributed by atoms with Crippen LogP contribution < -0.4 is 0 Å². The Kier molecular flexibility index (Phi) is 8.19. The van der Waals surface area contributed by atoms with Crippen LogP contribution in [0.2, 0.25) is 0 Å². The number of para-hydroxylation sites is 2. The number of benzene rings is 3. The fourth-order valence-corrected chi connectivity index (χ4v) is 9.12. The Morgan fingerprint density at radius 2 is 1.50 bits per heavy atom. The van der Waals surface area contributed by atoms with Gasteiger partial charge in [0.2, 0.25) is 0 Å². The third-order valence-electron chi connectivity index (χ3n) is 11.2. The van der Waals surface area contributed by atoms with Gasteiger partial charge in [0.25, 0.3) is 0 Å². The van der Waals surface area contributed by atoms with Crippen molar-refractivity contribution in [1.29, 1.82) is 0 Å². The molecule has 1 saturated carbocycles. The van der Waals surface area contributed by atoms with Crippen molar-refractivity contribution < 1.29 is 9.90 Å². The lowest BCUT2D eigenvalue weighted by molar-refractivity contribution is 0.0843. The topological polar surface area (TPSA) is 61.6 Å². The molecular weight excluding hydrogens is 544 g/mol. The molecule has 0 radical (unpaired) electrons. The van der Waals surface area contributed by atoms with Gasteiger partial charge in [-0.2, -0.15) is 0 Å². The molecule has 3 aromatic carbocycles. The van der Waals surface area contributed by atoms with E-state index in [0.29, 0.717) is 24.7 Å². The van der Waals surface area contributed by atoms with E-state index in [1.807, 2.05) is 30.3 Å². The molecule has 1 aliphatic carbocycles. The molecule has 1 aromatic heterocycles. The number of imidazole rings is 1. The summed E-state index contributed by atoms with van der Waals surface area (Å²) in [6.45, 7) is 3.80. The Morgan fingerprint density at radius 3 is 2.18 bits per heavy atom. The molecule has 7 rings (SSSR count). The zero-order valence-electron chi connectivity index (χ0n) is 26.0. The molecule has 3 fully saturated rings. The predicted octanol–water partition coefficient (Wildman–Crippen LogP) is 8.35. The molecule has 2 bridgehead atoms. The summed E-state index contributed by atoms with van der Waals surface area (Å²) in [4.78, 5) is 21.8. The van der Waals surface area contributed by atoms with Gasteiger partial charge >= 0.3 is 6.09 Å². The smallest absolute Gasteiger partial charge is 0.407 e. The van der Waals surface area contributed by atoms with Crippen molar-refractivity contribution in [2.75, 3.05) is 6.54 Å². The summed E-state index contributed by atoms with van der Waals surface area (Å²) in [6.07, 6.45) is 10.5. The van der Waals surface area contributed by atoms with Crippen molar-refractivity contribution in [3.63, 3.8) is 0 Å². The van der Waals surface area contributed by atoms with Crippen molar-refractivity contribution >= 4 is 17.1 Å². The Morgan fingerprint density at radius 1 is 0.864 bits per heavy atom. The zero-order chi connectivity index (χ0) is 30.1. The number of aryl methyl sites for hydroxylation is 1. The summed E-state index contributed by atoms with van der Waals surface area (Å²) in [5.41, 5.74) is 5.02. The van der Waals surface area contributed by atoms with E-state index in [4.69, 9.17) is 4.98 Å². The van der Waals surface area contributed by atoms with Gasteiger partial charge in [0, 0.05) is 30.7 Å². The lowest BCUT2D eigenvalue weighted by Crippen LogP contribution is -2.46. The van der Waals surface area contributed by atoms with Gasteiger partial charge in [0.15, 0.2) is 0 Å². The van der Waals surface area contributed by atoms with E-state index >= 15 is 0 Å². The number of aromatic nitrogens is 2. The first-order valence-corrected chi connectivity index (χ1v) is 16.8. The average Bonchev–Trinajstić information content (AvgIpc) is 3.51. The molecule has 1 amide bonds. The maximum atomic E-state index is 12.3. The Balaban J connectivity index is 1.01. The normalized spacial score (nSPS) is 27.0. The second-order valence-corrected chi connectivity index (χ2v) is 13.6. The second kappa shape index (κ2) is 12.4. The van der Waals surface area contributed by atoms with Gasteiger partial charge in [-0.25, -0.2) is 9.78 Å². The fraction of sp³-hybridized carbons (Fsp3) is 0.474. The second-order valence-electron chi connectivity index (χ2n) is 13.6. The molecule has 1 N–H and O–H groups in total. The van der Waals surface area contributed by atoms with Crippen LogP contribution in [0.15, 0.2) is 84.9 Å². The summed E-state index contributed by atoms with van der Waals surface area (Å²) in [5.74, 6) is 1.15. The molecular formula is C38H46N4O2. The number of hydrogen-bond donors (Lipinski definition) is 1. The molecule has 2 saturated heterocycles. The molecule has 6 nitrogen and oxygen atoms in total. The number of carboxylic acid groups (broad SMARTS) is 1. The molecule has 6 heteroatoms. The van der Waals surface area contributed by atoms with Crippen molar-refractivity contribution in [1.82, 2.24) is 19.4 Å². The molecule has 3 aliphatic rings. The molecule has 3 heterocycles. The van der Waals surface area contributed by atoms with Gasteiger partial charge < -0.3 is 14.6 Å². The van der Waals surface area contributed by atoms with Crippen molar-refractivity contribution in [2.45, 2.75) is 107 Å². The first-order valence-electron chi connectivity index (χ1n) is 16.8. The highest BCUT2D eigenvalue weighted by atomic mass is 16.4. The van der Waals surface area contributed by atoms with Crippen LogP contribution in [0, 0.1) is 6.92 Å². The van der Waals surface area contributed by atoms with E-state index in [0.717, 1.165) is 42.6 Å². The number of hydrogen-bond acceptors (Lipinski definition) is 3. The summed E-state index contributed by atoms with van der Waals surface area (Å²) in [6, 6.07) is 31.6. The highest BCUT2D eigenvalue weighted by Crippen LogP contribution is 2.46. The minimum atomic E-state index is -0.802. The molecule has 0 spiro atoms. The van der Waals surface area contributed by atoms with Crippen LogP contribution in [0.4, 0.5) is 4.79 Å². The highest BCUT2D eigenvalue weighted by molar-refractivity contribution is 5.76. The first-order chi connectivity index (χ1) is 21.5. The van der Waals surface area contributed by atoms with Gasteiger partial charge in [-0.05, 0) is 106 Å². The quantitative estimate of drug-likeness (QED) is 0.213. The third kappa shape index (κ3) is 5.65. The van der Waals surface area contributed by atoms with Gasteiger partial charge in [0.05, 0.1) is 11.0 Å². The zero-order valence-corrected chi connectivity index (χ0v) is 26.0. The van der Waals surface area contributed by atoms with Gasteiger partial charge in [-0.15, -0.1) is 0 Å². The lowest BCUT2D eigenvalue weighted by atomic mass is 9.65. The minimum Gasteiger partial charge on any atom is -0.465 e. The van der Waals surface area contributed by atoms with E-state index in [9.17, 15) is 9.90 Å². The fourth-order valence-electron chi connectivity index (χ4n) is 9.12. The minimum absolute atomic E-state index is 0.0714. The average molecular weight is 591 g/mol. The van der Waals surface area contributed by atoms with E-state index in [2.05, 4.69) is 71.0 Å². The van der Waals surface area contributed by atoms with Crippen LogP contribution in [0.1, 0.15) is 87.2 Å². The van der Waals surface area contributed by atoms with E-state index in [1.165, 1.54) is 56.1 Å². The Labute approximate surface area is 261 Å². The monoisotopic (exact) mass is 590 g/mol. The number of rotatable bonds is 9. The van der Waals surface area contributed by atoms with E-state index < -0.39 is 6.09 Å². The maximum absolute atomic E-state index is 12.3. The van der Waals surface area contributed by atoms with Crippen molar-refractivity contribution in [3.8, 4) is 0 Å². The molecule has 230 valence electrons. The number of fused-ring (bicyclic) bond motifs is 3. The van der Waals surface area contributed by atoms with E-state index in [1.54, 1.807) is 4.90 Å². The predicted molar refractivity (Wildman–Crippen MR) is 176 cm³/mol. The van der Waals surface area contributed by atoms with Crippen LogP contribution >= 0.6 is 0 Å². The van der Waals surface area contributed by atoms with Crippen LogP contribution in [0.25, 0.3) is 11.0 Å². The third-order valence-corrected chi connectivity index (χ3v) is 11.2. The molecule has 44 heavy (non-hydrogen) atoms. The lowest BCUT2D eigenvalue weighted by Gasteiger charge is -2.44. The van der Waals surface area contributed by atoms with Gasteiger partial charge in [-0.1, -0.05) is 72.8 Å². The summed E-state index contributed by atoms with van der Waals surface area (Å²) < 4.78 is 2.53. The summed E-state index contributed by atoms with van der Waals surface area (Å²) in [5, 5.41) is 10.1. The van der Waals surface area contributed by atoms with Gasteiger partial charge in [0.1, 0.15) is 5.82 Å². The number of amides is 1. The molecule has 2 unspecified atom stereocenters. The molecule has 2 atom stereocenters. The SMILES string of the molecule is Cc1nc2ccccc2n1C1CC2CCC(C1)N2CCCC1(c2ccccc2)CCC(N(Cc2ccccc2)C(=O)O)CC1. The number of piperidine rings is 1. The Hall–Kier alpha value is -3.64. The largest absolute Gasteiger partial charge is 0.465 e. The van der Waals surface area contributed by atoms with Crippen LogP contribution in [0.3, 0.4) is 0 Å². The summed E-state index contributed by atoms with van der Waals surface area (Å²) >= 11 is 0. The van der Waals surface area contributed by atoms with Crippen LogP contribution in [-0.4, -0.2) is 55.2 Å². The molecule has 2 aliphatic heterocycles. The van der Waals surface area contributed by atoms with Crippen molar-refractivity contribution in [3.05, 3.63) is 102 Å². The number of nitrogens with zero attached hydrogens (tertiary/aromatic N) is 4. The highest BCUT2D eigenvalue weighted by Gasteiger charge is 2.43. The maximum Gasteiger partial charge on any atom is 0.407 e. The van der Waals surface area contributed by atoms with Gasteiger partial charge in [-0.3, -0.25) is 4.90 Å². The van der Waals surface area contributed by atoms with E-state index in [-0.39, 0.29) is 11.5 Å². The molecule has 4 aromatic rings. The van der Waals surface area contributed by atoms with Crippen LogP contribution in [-0.2, 0) is 12.0 Å². The Bertz CT molecular complexity index is 1550. The first kappa shape index (κ1) is 29.1. The summed E-state index contributed by atoms with van der Waals surface area (Å²) in [7, 11) is 0. The number of carbonyl (C=O) groups is 1. The van der Waals surface area contributed by atoms with Crippen molar-refractivity contribution in [2.24, 2.45) is 0 Å².